The van der Waals surface area contributed by atoms with E-state index in [1.165, 1.54) is 89.9 Å². The van der Waals surface area contributed by atoms with Gasteiger partial charge in [0.15, 0.2) is 0 Å². The van der Waals surface area contributed by atoms with E-state index in [0.717, 1.165) is 25.7 Å². The maximum atomic E-state index is 5.93. The number of hydrogen-bond donors (Lipinski definition) is 0. The topological polar surface area (TPSA) is 27.7 Å². The van der Waals surface area contributed by atoms with Gasteiger partial charge >= 0.3 is 0 Å². The van der Waals surface area contributed by atoms with Gasteiger partial charge in [0.2, 0.25) is 0 Å². The van der Waals surface area contributed by atoms with Gasteiger partial charge in [-0.25, -0.2) is 0 Å². The van der Waals surface area contributed by atoms with E-state index in [1.54, 1.807) is 21.3 Å². The Hall–Kier alpha value is -0.120. The van der Waals surface area contributed by atoms with E-state index in [2.05, 4.69) is 20.8 Å². The number of hydrogen-bond acceptors (Lipinski definition) is 3. The Morgan fingerprint density at radius 2 is 0.759 bits per heavy atom. The summed E-state index contributed by atoms with van der Waals surface area (Å²) in [5.41, 5.74) is -0.0625. The van der Waals surface area contributed by atoms with Crippen molar-refractivity contribution >= 4 is 0 Å². The summed E-state index contributed by atoms with van der Waals surface area (Å²) in [6.07, 6.45) is 23.1. The molecule has 29 heavy (non-hydrogen) atoms. The summed E-state index contributed by atoms with van der Waals surface area (Å²) in [4.78, 5) is 0. The number of rotatable bonds is 22. The van der Waals surface area contributed by atoms with Crippen molar-refractivity contribution in [2.24, 2.45) is 5.41 Å². The van der Waals surface area contributed by atoms with Crippen LogP contribution in [-0.2, 0) is 14.2 Å². The summed E-state index contributed by atoms with van der Waals surface area (Å²) in [6.45, 7) is 6.83. The average Bonchev–Trinajstić information content (AvgIpc) is 2.74. The van der Waals surface area contributed by atoms with Gasteiger partial charge in [-0.2, -0.15) is 0 Å². The molecule has 0 aliphatic rings. The highest BCUT2D eigenvalue weighted by Gasteiger charge is 2.52. The normalized spacial score (nSPS) is 14.3. The van der Waals surface area contributed by atoms with Gasteiger partial charge in [-0.15, -0.1) is 0 Å². The third kappa shape index (κ3) is 10.6. The fourth-order valence-corrected chi connectivity index (χ4v) is 5.05. The molecule has 0 spiro atoms. The molecule has 0 aromatic heterocycles. The molecule has 1 atom stereocenters. The van der Waals surface area contributed by atoms with E-state index in [1.807, 2.05) is 0 Å². The van der Waals surface area contributed by atoms with Gasteiger partial charge < -0.3 is 14.2 Å². The maximum absolute atomic E-state index is 5.93. The third-order valence-electron chi connectivity index (χ3n) is 6.70. The van der Waals surface area contributed by atoms with Gasteiger partial charge in [-0.1, -0.05) is 117 Å². The van der Waals surface area contributed by atoms with Crippen molar-refractivity contribution in [3.05, 3.63) is 0 Å². The van der Waals surface area contributed by atoms with Crippen LogP contribution in [0, 0.1) is 5.41 Å². The molecule has 0 fully saturated rings. The smallest absolute Gasteiger partial charge is 0.288 e. The molecule has 0 saturated heterocycles. The Kier molecular flexibility index (Phi) is 18.6. The van der Waals surface area contributed by atoms with Gasteiger partial charge in [0.05, 0.1) is 5.41 Å². The summed E-state index contributed by atoms with van der Waals surface area (Å²) in [5, 5.41) is 0. The lowest BCUT2D eigenvalue weighted by Gasteiger charge is -2.47. The Bertz CT molecular complexity index is 333. The predicted octanol–water partition coefficient (Wildman–Crippen LogP) is 8.65. The average molecular weight is 415 g/mol. The second kappa shape index (κ2) is 18.6. The summed E-state index contributed by atoms with van der Waals surface area (Å²) in [6, 6.07) is 0. The summed E-state index contributed by atoms with van der Waals surface area (Å²) < 4.78 is 17.8. The molecule has 0 radical (unpaired) electrons. The molecular weight excluding hydrogens is 360 g/mol. The minimum atomic E-state index is -0.923. The first kappa shape index (κ1) is 28.9. The van der Waals surface area contributed by atoms with Gasteiger partial charge in [-0.3, -0.25) is 0 Å². The van der Waals surface area contributed by atoms with Crippen LogP contribution in [0.2, 0.25) is 0 Å². The summed E-state index contributed by atoms with van der Waals surface area (Å²) in [7, 11) is 5.23. The van der Waals surface area contributed by atoms with Crippen LogP contribution in [-0.4, -0.2) is 27.3 Å². The van der Waals surface area contributed by atoms with Crippen LogP contribution in [0.3, 0.4) is 0 Å². The zero-order valence-corrected chi connectivity index (χ0v) is 21.0. The largest absolute Gasteiger partial charge is 0.330 e. The van der Waals surface area contributed by atoms with E-state index in [9.17, 15) is 0 Å². The van der Waals surface area contributed by atoms with Gasteiger partial charge in [0, 0.05) is 21.3 Å². The predicted molar refractivity (Wildman–Crippen MR) is 126 cm³/mol. The molecule has 0 amide bonds. The lowest BCUT2D eigenvalue weighted by Crippen LogP contribution is -2.53. The van der Waals surface area contributed by atoms with Crippen LogP contribution in [0.15, 0.2) is 0 Å². The number of unbranched alkanes of at least 4 members (excludes halogenated alkanes) is 12. The Balaban J connectivity index is 4.85. The molecule has 0 bridgehead atoms. The molecule has 3 nitrogen and oxygen atoms in total. The third-order valence-corrected chi connectivity index (χ3v) is 6.70. The molecule has 3 heteroatoms. The first-order chi connectivity index (χ1) is 14.1. The first-order valence-electron chi connectivity index (χ1n) is 12.8. The van der Waals surface area contributed by atoms with Crippen LogP contribution in [0.25, 0.3) is 0 Å². The second-order valence-corrected chi connectivity index (χ2v) is 8.94. The highest BCUT2D eigenvalue weighted by molar-refractivity contribution is 4.88. The zero-order chi connectivity index (χ0) is 21.8. The van der Waals surface area contributed by atoms with E-state index in [0.29, 0.717) is 0 Å². The second-order valence-electron chi connectivity index (χ2n) is 8.94. The van der Waals surface area contributed by atoms with E-state index >= 15 is 0 Å². The van der Waals surface area contributed by atoms with Crippen LogP contribution in [0.1, 0.15) is 136 Å². The first-order valence-corrected chi connectivity index (χ1v) is 12.8. The molecule has 0 aliphatic carbocycles. The number of ether oxygens (including phenoxy) is 3. The SMILES string of the molecule is CCCCCCCCCCC(CCC)(CCCCCCCC)C(OC)(OC)OC. The molecule has 0 aromatic carbocycles. The molecule has 0 rings (SSSR count). The molecule has 0 saturated carbocycles. The Morgan fingerprint density at radius 3 is 1.07 bits per heavy atom. The Labute approximate surface area is 183 Å². The fraction of sp³-hybridized carbons (Fsp3) is 1.00. The van der Waals surface area contributed by atoms with Crippen LogP contribution in [0.4, 0.5) is 0 Å². The number of methoxy groups -OCH3 is 3. The standard InChI is InChI=1S/C26H54O3/c1-7-10-12-14-16-17-19-21-24-25(22-9-3,26(27-4,28-5)29-6)23-20-18-15-13-11-8-2/h7-24H2,1-6H3. The monoisotopic (exact) mass is 414 g/mol. The van der Waals surface area contributed by atoms with Crippen LogP contribution < -0.4 is 0 Å². The van der Waals surface area contributed by atoms with Crippen molar-refractivity contribution in [2.75, 3.05) is 21.3 Å². The molecule has 0 heterocycles. The molecular formula is C26H54O3. The van der Waals surface area contributed by atoms with Gasteiger partial charge in [0.25, 0.3) is 5.97 Å². The highest BCUT2D eigenvalue weighted by Crippen LogP contribution is 2.48. The van der Waals surface area contributed by atoms with Crippen molar-refractivity contribution in [3.8, 4) is 0 Å². The van der Waals surface area contributed by atoms with E-state index < -0.39 is 5.97 Å². The van der Waals surface area contributed by atoms with Gasteiger partial charge in [-0.05, 0) is 19.3 Å². The zero-order valence-electron chi connectivity index (χ0n) is 21.0. The highest BCUT2D eigenvalue weighted by atomic mass is 16.9. The van der Waals surface area contributed by atoms with E-state index in [-0.39, 0.29) is 5.41 Å². The summed E-state index contributed by atoms with van der Waals surface area (Å²) in [5.74, 6) is -0.923. The van der Waals surface area contributed by atoms with Crippen molar-refractivity contribution in [1.29, 1.82) is 0 Å². The molecule has 176 valence electrons. The Morgan fingerprint density at radius 1 is 0.414 bits per heavy atom. The minimum absolute atomic E-state index is 0.0625. The van der Waals surface area contributed by atoms with Crippen molar-refractivity contribution in [1.82, 2.24) is 0 Å². The van der Waals surface area contributed by atoms with Crippen LogP contribution in [0.5, 0.6) is 0 Å². The van der Waals surface area contributed by atoms with Crippen molar-refractivity contribution in [2.45, 2.75) is 142 Å². The molecule has 1 unspecified atom stereocenters. The van der Waals surface area contributed by atoms with Gasteiger partial charge in [0.1, 0.15) is 0 Å². The lowest BCUT2D eigenvalue weighted by molar-refractivity contribution is -0.411. The minimum Gasteiger partial charge on any atom is -0.330 e. The van der Waals surface area contributed by atoms with Crippen molar-refractivity contribution in [3.63, 3.8) is 0 Å². The van der Waals surface area contributed by atoms with E-state index in [4.69, 9.17) is 14.2 Å². The molecule has 0 N–H and O–H groups in total. The van der Waals surface area contributed by atoms with Crippen molar-refractivity contribution < 1.29 is 14.2 Å². The van der Waals surface area contributed by atoms with Crippen LogP contribution >= 0.6 is 0 Å². The quantitative estimate of drug-likeness (QED) is 0.131. The fourth-order valence-electron chi connectivity index (χ4n) is 5.05. The maximum Gasteiger partial charge on any atom is 0.288 e. The summed E-state index contributed by atoms with van der Waals surface area (Å²) >= 11 is 0. The molecule has 0 aromatic rings. The molecule has 0 aliphatic heterocycles. The lowest BCUT2D eigenvalue weighted by atomic mass is 9.72.